The van der Waals surface area contributed by atoms with Gasteiger partial charge in [-0.2, -0.15) is 6.42 Å². The fraction of sp³-hybridized carbons (Fsp3) is 0.833. The van der Waals surface area contributed by atoms with Crippen molar-refractivity contribution in [2.75, 3.05) is 0 Å². The monoisotopic (exact) mass is 133 g/mol. The summed E-state index contributed by atoms with van der Waals surface area (Å²) in [4.78, 5) is 0. The zero-order chi connectivity index (χ0) is 4.99. The third-order valence-corrected chi connectivity index (χ3v) is 0.781. The maximum atomic E-state index is 3.73. The van der Waals surface area contributed by atoms with E-state index in [0.29, 0.717) is 0 Å². The van der Waals surface area contributed by atoms with Gasteiger partial charge in [-0.05, 0) is 5.92 Å². The molecule has 0 aliphatic heterocycles. The quantitative estimate of drug-likeness (QED) is 0.400. The van der Waals surface area contributed by atoms with Gasteiger partial charge >= 0.3 is 0 Å². The molecule has 1 heteroatoms. The van der Waals surface area contributed by atoms with Crippen molar-refractivity contribution in [3.8, 4) is 0 Å². The van der Waals surface area contributed by atoms with Gasteiger partial charge in [-0.1, -0.05) is 20.3 Å². The Balaban J connectivity index is 0. The van der Waals surface area contributed by atoms with E-state index in [-0.39, 0.29) is 21.7 Å². The topological polar surface area (TPSA) is 0 Å². The summed E-state index contributed by atoms with van der Waals surface area (Å²) in [6, 6.07) is 0. The van der Waals surface area contributed by atoms with Crippen LogP contribution in [0.3, 0.4) is 0 Å². The van der Waals surface area contributed by atoms with E-state index >= 15 is 0 Å². The van der Waals surface area contributed by atoms with Crippen LogP contribution in [0.15, 0.2) is 0 Å². The molecule has 0 spiro atoms. The minimum atomic E-state index is 0. The van der Waals surface area contributed by atoms with Crippen molar-refractivity contribution in [2.45, 2.75) is 26.7 Å². The van der Waals surface area contributed by atoms with Gasteiger partial charge in [0, 0.05) is 21.7 Å². The first-order valence-corrected chi connectivity index (χ1v) is 2.56. The Bertz CT molecular complexity index is 25.4. The molecule has 42 valence electrons. The second-order valence-corrected chi connectivity index (χ2v) is 2.04. The molecular formula is C6H13Ti-. The Morgan fingerprint density at radius 3 is 1.86 bits per heavy atom. The van der Waals surface area contributed by atoms with Crippen molar-refractivity contribution in [1.82, 2.24) is 0 Å². The largest absolute Gasteiger partial charge is 0.343 e. The van der Waals surface area contributed by atoms with E-state index in [1.54, 1.807) is 0 Å². The summed E-state index contributed by atoms with van der Waals surface area (Å²) >= 11 is 0. The molecule has 0 heterocycles. The van der Waals surface area contributed by atoms with Gasteiger partial charge in [0.25, 0.3) is 0 Å². The minimum absolute atomic E-state index is 0. The van der Waals surface area contributed by atoms with E-state index in [4.69, 9.17) is 0 Å². The van der Waals surface area contributed by atoms with Gasteiger partial charge in [-0.25, -0.2) is 0 Å². The summed E-state index contributed by atoms with van der Waals surface area (Å²) in [5, 5.41) is 0. The van der Waals surface area contributed by atoms with Gasteiger partial charge in [0.05, 0.1) is 0 Å². The van der Waals surface area contributed by atoms with E-state index < -0.39 is 0 Å². The normalized spacial score (nSPS) is 8.57. The summed E-state index contributed by atoms with van der Waals surface area (Å²) in [5.41, 5.74) is 0. The van der Waals surface area contributed by atoms with E-state index in [2.05, 4.69) is 20.8 Å². The van der Waals surface area contributed by atoms with E-state index in [1.165, 1.54) is 6.42 Å². The second-order valence-electron chi connectivity index (χ2n) is 2.04. The third-order valence-electron chi connectivity index (χ3n) is 0.781. The number of rotatable bonds is 2. The molecule has 0 aromatic carbocycles. The van der Waals surface area contributed by atoms with Gasteiger partial charge in [0.2, 0.25) is 0 Å². The fourth-order valence-corrected chi connectivity index (χ4v) is 0.408. The van der Waals surface area contributed by atoms with E-state index in [9.17, 15) is 0 Å². The molecule has 0 saturated heterocycles. The average Bonchev–Trinajstić information content (AvgIpc) is 1.35. The summed E-state index contributed by atoms with van der Waals surface area (Å²) in [6.45, 7) is 8.15. The predicted octanol–water partition coefficient (Wildman–Crippen LogP) is 2.25. The van der Waals surface area contributed by atoms with Gasteiger partial charge in [-0.3, -0.25) is 0 Å². The molecule has 0 aromatic rings. The van der Waals surface area contributed by atoms with Crippen molar-refractivity contribution in [1.29, 1.82) is 0 Å². The molecule has 0 N–H and O–H groups in total. The molecule has 0 amide bonds. The van der Waals surface area contributed by atoms with Crippen LogP contribution in [-0.4, -0.2) is 0 Å². The number of hydrogen-bond acceptors (Lipinski definition) is 0. The van der Waals surface area contributed by atoms with Crippen LogP contribution in [0.4, 0.5) is 0 Å². The molecule has 0 aromatic heterocycles. The first kappa shape index (κ1) is 10.7. The van der Waals surface area contributed by atoms with Crippen LogP contribution in [0.2, 0.25) is 0 Å². The molecule has 0 bridgehead atoms. The first-order chi connectivity index (χ1) is 2.77. The first-order valence-electron chi connectivity index (χ1n) is 2.56. The third kappa shape index (κ3) is 10.8. The average molecular weight is 133 g/mol. The maximum Gasteiger partial charge on any atom is 0 e. The van der Waals surface area contributed by atoms with Crippen LogP contribution in [0, 0.1) is 12.8 Å². The molecule has 0 unspecified atom stereocenters. The predicted molar refractivity (Wildman–Crippen MR) is 29.4 cm³/mol. The summed E-state index contributed by atoms with van der Waals surface area (Å²) in [5.74, 6) is 0.836. The Hall–Kier alpha value is 0.714. The van der Waals surface area contributed by atoms with Crippen molar-refractivity contribution >= 4 is 0 Å². The van der Waals surface area contributed by atoms with Crippen LogP contribution >= 0.6 is 0 Å². The minimum Gasteiger partial charge on any atom is -0.343 e. The van der Waals surface area contributed by atoms with Crippen molar-refractivity contribution < 1.29 is 21.7 Å². The SMILES string of the molecule is [CH2-]CCC(C)C.[Ti]. The second kappa shape index (κ2) is 6.71. The molecule has 0 nitrogen and oxygen atoms in total. The van der Waals surface area contributed by atoms with Gasteiger partial charge in [0.1, 0.15) is 0 Å². The maximum absolute atomic E-state index is 3.73. The Morgan fingerprint density at radius 1 is 1.43 bits per heavy atom. The van der Waals surface area contributed by atoms with Gasteiger partial charge in [-0.15, -0.1) is 0 Å². The Kier molecular flexibility index (Phi) is 10.2. The Morgan fingerprint density at radius 2 is 1.86 bits per heavy atom. The molecule has 0 saturated carbocycles. The van der Waals surface area contributed by atoms with Crippen molar-refractivity contribution in [3.63, 3.8) is 0 Å². The molecule has 0 fully saturated rings. The molecule has 7 heavy (non-hydrogen) atoms. The smallest absolute Gasteiger partial charge is 0 e. The standard InChI is InChI=1S/C6H13.Ti/c1-4-5-6(2)3;/h6H,1,4-5H2,2-3H3;/q-1;. The number of hydrogen-bond donors (Lipinski definition) is 0. The molecular weight excluding hydrogens is 120 g/mol. The van der Waals surface area contributed by atoms with E-state index in [1.807, 2.05) is 0 Å². The fourth-order valence-electron chi connectivity index (χ4n) is 0.408. The van der Waals surface area contributed by atoms with Crippen LogP contribution in [0.5, 0.6) is 0 Å². The van der Waals surface area contributed by atoms with Crippen molar-refractivity contribution in [2.24, 2.45) is 5.92 Å². The van der Waals surface area contributed by atoms with Crippen LogP contribution in [-0.2, 0) is 21.7 Å². The summed E-state index contributed by atoms with van der Waals surface area (Å²) in [6.07, 6.45) is 2.34. The molecule has 0 rings (SSSR count). The Labute approximate surface area is 61.6 Å². The summed E-state index contributed by atoms with van der Waals surface area (Å²) < 4.78 is 0. The molecule has 0 radical (unpaired) electrons. The van der Waals surface area contributed by atoms with E-state index in [0.717, 1.165) is 12.3 Å². The molecule has 0 aliphatic carbocycles. The summed E-state index contributed by atoms with van der Waals surface area (Å²) in [7, 11) is 0. The molecule has 0 aliphatic rings. The molecule has 0 atom stereocenters. The van der Waals surface area contributed by atoms with Crippen LogP contribution < -0.4 is 0 Å². The van der Waals surface area contributed by atoms with Crippen molar-refractivity contribution in [3.05, 3.63) is 6.92 Å². The zero-order valence-corrected chi connectivity index (χ0v) is 6.76. The van der Waals surface area contributed by atoms with Gasteiger partial charge < -0.3 is 6.92 Å². The van der Waals surface area contributed by atoms with Gasteiger partial charge in [0.15, 0.2) is 0 Å². The zero-order valence-electron chi connectivity index (χ0n) is 5.20. The van der Waals surface area contributed by atoms with Crippen LogP contribution in [0.25, 0.3) is 0 Å². The van der Waals surface area contributed by atoms with Crippen LogP contribution in [0.1, 0.15) is 26.7 Å².